The Kier molecular flexibility index (Phi) is 3.16. The third-order valence-corrected chi connectivity index (χ3v) is 3.14. The topological polar surface area (TPSA) is 80.9 Å². The molecule has 82 valence electrons. The predicted molar refractivity (Wildman–Crippen MR) is 66.4 cm³/mol. The highest BCUT2D eigenvalue weighted by atomic mass is 79.9. The molecule has 0 fully saturated rings. The van der Waals surface area contributed by atoms with Crippen LogP contribution in [-0.2, 0) is 0 Å². The monoisotopic (exact) mass is 298 g/mol. The van der Waals surface area contributed by atoms with E-state index in [1.165, 1.54) is 0 Å². The fraction of sp³-hybridized carbons (Fsp3) is 0. The van der Waals surface area contributed by atoms with E-state index < -0.39 is 0 Å². The number of hydrogen-bond donors (Lipinski definition) is 2. The zero-order valence-electron chi connectivity index (χ0n) is 7.98. The summed E-state index contributed by atoms with van der Waals surface area (Å²) >= 11 is 4.42. The minimum Gasteiger partial charge on any atom is -0.374 e. The first-order chi connectivity index (χ1) is 7.66. The Morgan fingerprint density at radius 3 is 2.75 bits per heavy atom. The number of nitrogens with zero attached hydrogens (tertiary/aromatic N) is 2. The lowest BCUT2D eigenvalue weighted by atomic mass is 10.2. The van der Waals surface area contributed by atoms with Crippen molar-refractivity contribution in [1.29, 1.82) is 0 Å². The van der Waals surface area contributed by atoms with E-state index in [1.807, 2.05) is 6.07 Å². The van der Waals surface area contributed by atoms with E-state index in [4.69, 9.17) is 5.73 Å². The number of aromatic nitrogens is 2. The van der Waals surface area contributed by atoms with Crippen LogP contribution in [0, 0.1) is 0 Å². The highest BCUT2D eigenvalue weighted by Crippen LogP contribution is 2.20. The molecule has 7 heteroatoms. The van der Waals surface area contributed by atoms with Crippen molar-refractivity contribution in [3.8, 4) is 0 Å². The molecule has 16 heavy (non-hydrogen) atoms. The SMILES string of the molecule is Nc1nnc(NC(=O)c2ccccc2Br)s1. The zero-order chi connectivity index (χ0) is 11.5. The molecule has 1 amide bonds. The number of anilines is 2. The average Bonchev–Trinajstić information content (AvgIpc) is 2.64. The second kappa shape index (κ2) is 4.58. The van der Waals surface area contributed by atoms with Crippen LogP contribution < -0.4 is 11.1 Å². The third-order valence-electron chi connectivity index (χ3n) is 1.78. The molecule has 0 saturated carbocycles. The molecule has 2 rings (SSSR count). The summed E-state index contributed by atoms with van der Waals surface area (Å²) in [5.74, 6) is -0.247. The number of nitrogens with one attached hydrogen (secondary N) is 1. The number of amides is 1. The van der Waals surface area contributed by atoms with Crippen LogP contribution in [0.4, 0.5) is 10.3 Å². The van der Waals surface area contributed by atoms with Gasteiger partial charge in [0, 0.05) is 4.47 Å². The van der Waals surface area contributed by atoms with Gasteiger partial charge in [0.25, 0.3) is 5.91 Å². The molecule has 1 heterocycles. The number of rotatable bonds is 2. The Morgan fingerprint density at radius 2 is 2.12 bits per heavy atom. The van der Waals surface area contributed by atoms with Gasteiger partial charge >= 0.3 is 0 Å². The van der Waals surface area contributed by atoms with E-state index >= 15 is 0 Å². The van der Waals surface area contributed by atoms with E-state index in [-0.39, 0.29) is 5.91 Å². The predicted octanol–water partition coefficient (Wildman–Crippen LogP) is 2.14. The summed E-state index contributed by atoms with van der Waals surface area (Å²) in [6, 6.07) is 7.13. The fourth-order valence-electron chi connectivity index (χ4n) is 1.09. The van der Waals surface area contributed by atoms with Crippen molar-refractivity contribution in [3.05, 3.63) is 34.3 Å². The van der Waals surface area contributed by atoms with Crippen LogP contribution in [-0.4, -0.2) is 16.1 Å². The molecule has 0 bridgehead atoms. The molecule has 0 atom stereocenters. The van der Waals surface area contributed by atoms with Crippen LogP contribution >= 0.6 is 27.3 Å². The van der Waals surface area contributed by atoms with Gasteiger partial charge in [0.1, 0.15) is 0 Å². The lowest BCUT2D eigenvalue weighted by Crippen LogP contribution is -2.12. The summed E-state index contributed by atoms with van der Waals surface area (Å²) in [7, 11) is 0. The Hall–Kier alpha value is -1.47. The van der Waals surface area contributed by atoms with Gasteiger partial charge in [-0.05, 0) is 28.1 Å². The van der Waals surface area contributed by atoms with Gasteiger partial charge in [0.2, 0.25) is 10.3 Å². The number of halogens is 1. The largest absolute Gasteiger partial charge is 0.374 e. The molecule has 1 aromatic carbocycles. The van der Waals surface area contributed by atoms with Gasteiger partial charge in [0.05, 0.1) is 5.56 Å². The Balaban J connectivity index is 2.18. The van der Waals surface area contributed by atoms with Crippen molar-refractivity contribution >= 4 is 43.4 Å². The maximum atomic E-state index is 11.8. The van der Waals surface area contributed by atoms with Crippen molar-refractivity contribution in [2.24, 2.45) is 0 Å². The van der Waals surface area contributed by atoms with Crippen molar-refractivity contribution in [1.82, 2.24) is 10.2 Å². The van der Waals surface area contributed by atoms with Crippen molar-refractivity contribution in [2.45, 2.75) is 0 Å². The summed E-state index contributed by atoms with van der Waals surface area (Å²) in [5, 5.41) is 10.6. The van der Waals surface area contributed by atoms with E-state index in [0.29, 0.717) is 15.8 Å². The summed E-state index contributed by atoms with van der Waals surface area (Å²) in [4.78, 5) is 11.8. The number of carbonyl (C=O) groups excluding carboxylic acids is 1. The Bertz CT molecular complexity index is 528. The van der Waals surface area contributed by atoms with Gasteiger partial charge in [-0.25, -0.2) is 0 Å². The third kappa shape index (κ3) is 2.37. The maximum absolute atomic E-state index is 11.8. The first-order valence-electron chi connectivity index (χ1n) is 4.31. The summed E-state index contributed by atoms with van der Waals surface area (Å²) < 4.78 is 0.727. The van der Waals surface area contributed by atoms with Gasteiger partial charge in [-0.3, -0.25) is 10.1 Å². The van der Waals surface area contributed by atoms with Crippen LogP contribution in [0.5, 0.6) is 0 Å². The standard InChI is InChI=1S/C9H7BrN4OS/c10-6-4-2-1-3-5(6)7(15)12-9-14-13-8(11)16-9/h1-4H,(H2,11,13)(H,12,14,15). The number of benzene rings is 1. The molecule has 0 aliphatic heterocycles. The van der Waals surface area contributed by atoms with Crippen LogP contribution in [0.2, 0.25) is 0 Å². The number of hydrogen-bond acceptors (Lipinski definition) is 5. The first kappa shape index (κ1) is 11.0. The molecule has 3 N–H and O–H groups in total. The fourth-order valence-corrected chi connectivity index (χ4v) is 2.06. The normalized spacial score (nSPS) is 10.1. The van der Waals surface area contributed by atoms with Crippen molar-refractivity contribution < 1.29 is 4.79 Å². The first-order valence-corrected chi connectivity index (χ1v) is 5.92. The van der Waals surface area contributed by atoms with Crippen molar-refractivity contribution in [2.75, 3.05) is 11.1 Å². The van der Waals surface area contributed by atoms with Gasteiger partial charge < -0.3 is 5.73 Å². The Morgan fingerprint density at radius 1 is 1.38 bits per heavy atom. The minimum atomic E-state index is -0.247. The Labute approximate surface area is 104 Å². The van der Waals surface area contributed by atoms with Gasteiger partial charge in [-0.2, -0.15) is 0 Å². The molecule has 1 aromatic heterocycles. The minimum absolute atomic E-state index is 0.247. The molecule has 0 spiro atoms. The van der Waals surface area contributed by atoms with E-state index in [1.54, 1.807) is 18.2 Å². The molecule has 0 saturated heterocycles. The maximum Gasteiger partial charge on any atom is 0.258 e. The highest BCUT2D eigenvalue weighted by molar-refractivity contribution is 9.10. The zero-order valence-corrected chi connectivity index (χ0v) is 10.4. The van der Waals surface area contributed by atoms with E-state index in [2.05, 4.69) is 31.4 Å². The van der Waals surface area contributed by atoms with Crippen LogP contribution in [0.1, 0.15) is 10.4 Å². The lowest BCUT2D eigenvalue weighted by Gasteiger charge is -2.02. The number of nitrogen functional groups attached to an aromatic ring is 1. The number of nitrogens with two attached hydrogens (primary N) is 1. The molecule has 0 radical (unpaired) electrons. The average molecular weight is 299 g/mol. The van der Waals surface area contributed by atoms with Crippen LogP contribution in [0.25, 0.3) is 0 Å². The highest BCUT2D eigenvalue weighted by Gasteiger charge is 2.11. The van der Waals surface area contributed by atoms with Crippen LogP contribution in [0.3, 0.4) is 0 Å². The summed E-state index contributed by atoms with van der Waals surface area (Å²) in [5.41, 5.74) is 5.95. The van der Waals surface area contributed by atoms with E-state index in [9.17, 15) is 4.79 Å². The van der Waals surface area contributed by atoms with E-state index in [0.717, 1.165) is 15.8 Å². The second-order valence-electron chi connectivity index (χ2n) is 2.88. The summed E-state index contributed by atoms with van der Waals surface area (Å²) in [6.07, 6.45) is 0. The molecule has 0 aliphatic rings. The van der Waals surface area contributed by atoms with Crippen molar-refractivity contribution in [3.63, 3.8) is 0 Å². The molecule has 0 aliphatic carbocycles. The lowest BCUT2D eigenvalue weighted by molar-refractivity contribution is 0.102. The smallest absolute Gasteiger partial charge is 0.258 e. The molecular weight excluding hydrogens is 292 g/mol. The quantitative estimate of drug-likeness (QED) is 0.890. The van der Waals surface area contributed by atoms with Gasteiger partial charge in [-0.1, -0.05) is 23.5 Å². The van der Waals surface area contributed by atoms with Crippen LogP contribution in [0.15, 0.2) is 28.7 Å². The molecule has 2 aromatic rings. The number of carbonyl (C=O) groups is 1. The molecule has 0 unspecified atom stereocenters. The van der Waals surface area contributed by atoms with Gasteiger partial charge in [0.15, 0.2) is 0 Å². The van der Waals surface area contributed by atoms with Gasteiger partial charge in [-0.15, -0.1) is 10.2 Å². The second-order valence-corrected chi connectivity index (χ2v) is 4.74. The molecule has 5 nitrogen and oxygen atoms in total. The summed E-state index contributed by atoms with van der Waals surface area (Å²) in [6.45, 7) is 0. The molecular formula is C9H7BrN4OS.